The van der Waals surface area contributed by atoms with E-state index in [2.05, 4.69) is 4.74 Å². The van der Waals surface area contributed by atoms with Crippen LogP contribution in [0.5, 0.6) is 5.75 Å². The minimum Gasteiger partial charge on any atom is -0.507 e. The summed E-state index contributed by atoms with van der Waals surface area (Å²) in [4.78, 5) is 41.1. The molecule has 190 valence electrons. The number of ether oxygens (including phenoxy) is 3. The smallest absolute Gasteiger partial charge is 0.308 e. The number of nitrogens with zero attached hydrogens (tertiary/aromatic N) is 1. The molecule has 1 aliphatic carbocycles. The summed E-state index contributed by atoms with van der Waals surface area (Å²) >= 11 is 0. The number of Topliss-reactive ketones (excluding diaryl/α,β-unsaturated/α-hetero) is 2. The Hall–Kier alpha value is -2.63. The molecule has 0 saturated carbocycles. The van der Waals surface area contributed by atoms with Gasteiger partial charge in [0, 0.05) is 22.8 Å². The zero-order valence-corrected chi connectivity index (χ0v) is 20.3. The van der Waals surface area contributed by atoms with E-state index in [1.807, 2.05) is 19.0 Å². The third kappa shape index (κ3) is 4.19. The van der Waals surface area contributed by atoms with E-state index in [1.165, 1.54) is 19.2 Å². The van der Waals surface area contributed by atoms with Crippen molar-refractivity contribution in [2.45, 2.75) is 69.4 Å². The highest BCUT2D eigenvalue weighted by Gasteiger charge is 2.48. The predicted molar refractivity (Wildman–Crippen MR) is 122 cm³/mol. The highest BCUT2D eigenvalue weighted by atomic mass is 16.5. The first-order chi connectivity index (χ1) is 16.5. The lowest BCUT2D eigenvalue weighted by Gasteiger charge is -2.42. The normalized spacial score (nSPS) is 33.0. The summed E-state index contributed by atoms with van der Waals surface area (Å²) in [6.07, 6.45) is -5.41. The number of esters is 1. The Balaban J connectivity index is 1.81. The number of benzene rings is 1. The molecule has 1 saturated heterocycles. The van der Waals surface area contributed by atoms with Gasteiger partial charge in [0.15, 0.2) is 11.6 Å². The molecule has 1 fully saturated rings. The van der Waals surface area contributed by atoms with Crippen LogP contribution in [0.2, 0.25) is 0 Å². The fraction of sp³-hybridized carbons (Fsp3) is 0.560. The predicted octanol–water partition coefficient (Wildman–Crippen LogP) is 0.920. The van der Waals surface area contributed by atoms with Crippen molar-refractivity contribution in [3.8, 4) is 5.75 Å². The average Bonchev–Trinajstić information content (AvgIpc) is 2.80. The largest absolute Gasteiger partial charge is 0.507 e. The number of carbonyl (C=O) groups excluding carboxylic acids is 3. The second-order valence-electron chi connectivity index (χ2n) is 9.54. The Morgan fingerprint density at radius 1 is 1.09 bits per heavy atom. The maximum Gasteiger partial charge on any atom is 0.308 e. The fourth-order valence-corrected chi connectivity index (χ4v) is 5.34. The van der Waals surface area contributed by atoms with E-state index < -0.39 is 54.2 Å². The second-order valence-corrected chi connectivity index (χ2v) is 9.54. The molecule has 1 aromatic carbocycles. The number of aromatic hydroxyl groups is 1. The van der Waals surface area contributed by atoms with Crippen LogP contribution >= 0.6 is 0 Å². The SMILES string of the molecule is COC(=O)CC1OC(C)C2=C(C(=O)c3c(C4CC(N(C)C)C(O)C(C)O4)ccc(O)c3C2=O)C1O. The van der Waals surface area contributed by atoms with E-state index in [9.17, 15) is 29.7 Å². The van der Waals surface area contributed by atoms with Crippen LogP contribution in [0, 0.1) is 0 Å². The number of ketones is 2. The second kappa shape index (κ2) is 9.44. The van der Waals surface area contributed by atoms with Crippen LogP contribution in [0.4, 0.5) is 0 Å². The molecule has 4 rings (SSSR count). The van der Waals surface area contributed by atoms with Crippen LogP contribution in [0.25, 0.3) is 0 Å². The minimum absolute atomic E-state index is 0.0372. The van der Waals surface area contributed by atoms with Crippen LogP contribution in [0.3, 0.4) is 0 Å². The van der Waals surface area contributed by atoms with E-state index in [4.69, 9.17) is 9.47 Å². The van der Waals surface area contributed by atoms with Crippen LogP contribution in [-0.4, -0.2) is 95.5 Å². The lowest BCUT2D eigenvalue weighted by atomic mass is 9.74. The van der Waals surface area contributed by atoms with Crippen LogP contribution in [0.1, 0.15) is 59.1 Å². The Kier molecular flexibility index (Phi) is 6.87. The molecular formula is C25H31NO9. The molecule has 0 amide bonds. The summed E-state index contributed by atoms with van der Waals surface area (Å²) in [5.74, 6) is -2.23. The van der Waals surface area contributed by atoms with Gasteiger partial charge in [0.2, 0.25) is 0 Å². The molecule has 0 spiro atoms. The Labute approximate surface area is 203 Å². The molecular weight excluding hydrogens is 458 g/mol. The number of likely N-dealkylation sites (N-methyl/N-ethyl adjacent to an activating group) is 1. The Bertz CT molecular complexity index is 1090. The number of rotatable bonds is 4. The molecule has 0 radical (unpaired) electrons. The lowest BCUT2D eigenvalue weighted by molar-refractivity contribution is -0.148. The molecule has 1 aromatic rings. The van der Waals surface area contributed by atoms with Gasteiger partial charge in [-0.05, 0) is 46.0 Å². The van der Waals surface area contributed by atoms with Gasteiger partial charge in [-0.25, -0.2) is 0 Å². The lowest BCUT2D eigenvalue weighted by Crippen LogP contribution is -2.51. The van der Waals surface area contributed by atoms with Crippen LogP contribution < -0.4 is 0 Å². The number of phenols is 1. The number of aliphatic hydroxyl groups is 2. The first kappa shape index (κ1) is 25.5. The minimum atomic E-state index is -1.54. The van der Waals surface area contributed by atoms with Crippen molar-refractivity contribution in [1.82, 2.24) is 4.90 Å². The third-order valence-corrected chi connectivity index (χ3v) is 7.20. The van der Waals surface area contributed by atoms with Gasteiger partial charge in [-0.3, -0.25) is 14.4 Å². The molecule has 10 heteroatoms. The summed E-state index contributed by atoms with van der Waals surface area (Å²) in [5, 5.41) is 32.2. The zero-order chi connectivity index (χ0) is 25.8. The van der Waals surface area contributed by atoms with Crippen molar-refractivity contribution < 1.29 is 43.9 Å². The Morgan fingerprint density at radius 2 is 1.74 bits per heavy atom. The zero-order valence-electron chi connectivity index (χ0n) is 20.3. The van der Waals surface area contributed by atoms with Crippen molar-refractivity contribution in [2.24, 2.45) is 0 Å². The maximum absolute atomic E-state index is 13.9. The van der Waals surface area contributed by atoms with Gasteiger partial charge in [-0.15, -0.1) is 0 Å². The first-order valence-corrected chi connectivity index (χ1v) is 11.6. The Morgan fingerprint density at radius 3 is 2.37 bits per heavy atom. The summed E-state index contributed by atoms with van der Waals surface area (Å²) < 4.78 is 16.4. The molecule has 7 atom stereocenters. The van der Waals surface area contributed by atoms with Gasteiger partial charge < -0.3 is 34.4 Å². The van der Waals surface area contributed by atoms with Crippen molar-refractivity contribution in [2.75, 3.05) is 21.2 Å². The van der Waals surface area contributed by atoms with Crippen molar-refractivity contribution in [3.05, 3.63) is 40.0 Å². The highest BCUT2D eigenvalue weighted by molar-refractivity contribution is 6.29. The van der Waals surface area contributed by atoms with Gasteiger partial charge in [0.1, 0.15) is 11.9 Å². The van der Waals surface area contributed by atoms with Gasteiger partial charge >= 0.3 is 5.97 Å². The van der Waals surface area contributed by atoms with Crippen molar-refractivity contribution in [1.29, 1.82) is 0 Å². The number of hydrogen-bond acceptors (Lipinski definition) is 10. The summed E-state index contributed by atoms with van der Waals surface area (Å²) in [6.45, 7) is 3.28. The summed E-state index contributed by atoms with van der Waals surface area (Å²) in [6, 6.07) is 2.61. The fourth-order valence-electron chi connectivity index (χ4n) is 5.34. The number of fused-ring (bicyclic) bond motifs is 1. The topological polar surface area (TPSA) is 143 Å². The number of phenolic OH excluding ortho intramolecular Hbond substituents is 1. The molecule has 3 N–H and O–H groups in total. The molecule has 35 heavy (non-hydrogen) atoms. The molecule has 10 nitrogen and oxygen atoms in total. The molecule has 7 unspecified atom stereocenters. The van der Waals surface area contributed by atoms with E-state index in [0.717, 1.165) is 0 Å². The average molecular weight is 490 g/mol. The highest BCUT2D eigenvalue weighted by Crippen LogP contribution is 2.44. The van der Waals surface area contributed by atoms with E-state index in [-0.39, 0.29) is 40.5 Å². The number of methoxy groups -OCH3 is 1. The van der Waals surface area contributed by atoms with Crippen molar-refractivity contribution in [3.63, 3.8) is 0 Å². The monoisotopic (exact) mass is 489 g/mol. The van der Waals surface area contributed by atoms with Crippen LogP contribution in [0.15, 0.2) is 23.3 Å². The van der Waals surface area contributed by atoms with Gasteiger partial charge in [-0.2, -0.15) is 0 Å². The van der Waals surface area contributed by atoms with E-state index in [0.29, 0.717) is 12.0 Å². The maximum atomic E-state index is 13.9. The van der Waals surface area contributed by atoms with Gasteiger partial charge in [-0.1, -0.05) is 6.07 Å². The standard InChI is InChI=1S/C25H31NO9/c1-10-18-21(23(30)16(34-10)9-17(28)33-5)25(32)19-12(6-7-14(27)20(19)24(18)31)15-8-13(26(3)4)22(29)11(2)35-15/h6-7,10-11,13,15-16,22-23,27,29-30H,8-9H2,1-5H3. The molecule has 2 heterocycles. The number of carbonyl (C=O) groups is 3. The molecule has 0 aromatic heterocycles. The number of aliphatic hydroxyl groups excluding tert-OH is 2. The van der Waals surface area contributed by atoms with Crippen LogP contribution in [-0.2, 0) is 19.0 Å². The molecule has 0 bridgehead atoms. The quantitative estimate of drug-likeness (QED) is 0.523. The summed E-state index contributed by atoms with van der Waals surface area (Å²) in [7, 11) is 4.87. The first-order valence-electron chi connectivity index (χ1n) is 11.6. The van der Waals surface area contributed by atoms with E-state index in [1.54, 1.807) is 13.8 Å². The summed E-state index contributed by atoms with van der Waals surface area (Å²) in [5.41, 5.74) is 0.0104. The molecule has 2 aliphatic heterocycles. The van der Waals surface area contributed by atoms with E-state index >= 15 is 0 Å². The van der Waals surface area contributed by atoms with Gasteiger partial charge in [0.05, 0.1) is 49.6 Å². The number of hydrogen-bond donors (Lipinski definition) is 3. The molecule has 3 aliphatic rings. The third-order valence-electron chi connectivity index (χ3n) is 7.20. The van der Waals surface area contributed by atoms with Gasteiger partial charge in [0.25, 0.3) is 0 Å². The van der Waals surface area contributed by atoms with Crippen molar-refractivity contribution >= 4 is 17.5 Å².